The molecule has 0 bridgehead atoms. The average molecular weight is 510 g/mol. The zero-order chi connectivity index (χ0) is 25.7. The molecule has 0 radical (unpaired) electrons. The maximum absolute atomic E-state index is 10.1. The third kappa shape index (κ3) is 28.8. The molecule has 0 fully saturated rings. The van der Waals surface area contributed by atoms with Gasteiger partial charge in [0.1, 0.15) is 6.29 Å². The molecule has 0 saturated carbocycles. The second-order valence-electron chi connectivity index (χ2n) is 7.24. The molecule has 12 heteroatoms. The minimum atomic E-state index is 0.257. The number of nitrogens with zero attached hydrogens (tertiary/aromatic N) is 1. The normalized spacial score (nSPS) is 11.8. The first-order valence-electron chi connectivity index (χ1n) is 12.2. The average Bonchev–Trinajstić information content (AvgIpc) is 2.85. The van der Waals surface area contributed by atoms with Crippen molar-refractivity contribution in [2.75, 3.05) is 112 Å². The summed E-state index contributed by atoms with van der Waals surface area (Å²) in [5.41, 5.74) is 6.41. The minimum absolute atomic E-state index is 0.257. The van der Waals surface area contributed by atoms with E-state index in [1.807, 2.05) is 0 Å². The van der Waals surface area contributed by atoms with E-state index in [1.54, 1.807) is 6.20 Å². The van der Waals surface area contributed by atoms with E-state index < -0.39 is 0 Å². The van der Waals surface area contributed by atoms with Crippen LogP contribution in [0.4, 0.5) is 0 Å². The molecule has 12 nitrogen and oxygen atoms in total. The zero-order valence-corrected chi connectivity index (χ0v) is 21.4. The summed E-state index contributed by atoms with van der Waals surface area (Å²) in [6.45, 7) is 10.4. The number of hydrogen-bond donors (Lipinski definition) is 2. The fourth-order valence-electron chi connectivity index (χ4n) is 2.37. The Morgan fingerprint density at radius 3 is 1.49 bits per heavy atom. The minimum Gasteiger partial charge on any atom is -0.399 e. The van der Waals surface area contributed by atoms with E-state index in [1.165, 1.54) is 5.01 Å². The topological polar surface area (TPSA) is 146 Å². The Morgan fingerprint density at radius 2 is 1.03 bits per heavy atom. The maximum atomic E-state index is 10.1. The van der Waals surface area contributed by atoms with Crippen molar-refractivity contribution in [3.63, 3.8) is 0 Å². The lowest BCUT2D eigenvalue weighted by Crippen LogP contribution is -2.31. The summed E-state index contributed by atoms with van der Waals surface area (Å²) >= 11 is 0. The van der Waals surface area contributed by atoms with Crippen molar-refractivity contribution in [2.45, 2.75) is 19.8 Å². The number of ether oxygens (including phenoxy) is 8. The van der Waals surface area contributed by atoms with Crippen molar-refractivity contribution in [1.29, 1.82) is 0 Å². The Morgan fingerprint density at radius 1 is 0.629 bits per heavy atom. The molecule has 0 spiro atoms. The lowest BCUT2D eigenvalue weighted by atomic mass is 10.5. The van der Waals surface area contributed by atoms with Gasteiger partial charge in [-0.3, -0.25) is 0 Å². The maximum Gasteiger partial charge on any atom is 0.122 e. The smallest absolute Gasteiger partial charge is 0.122 e. The molecule has 0 aliphatic carbocycles. The van der Waals surface area contributed by atoms with Gasteiger partial charge in [0.15, 0.2) is 0 Å². The van der Waals surface area contributed by atoms with Gasteiger partial charge in [0.2, 0.25) is 0 Å². The molecule has 0 saturated heterocycles. The molecule has 0 amide bonds. The number of carbonyl (C=O) groups excluding carboxylic acids is 1. The molecule has 0 heterocycles. The van der Waals surface area contributed by atoms with Crippen LogP contribution >= 0.6 is 0 Å². The van der Waals surface area contributed by atoms with Gasteiger partial charge >= 0.3 is 0 Å². The van der Waals surface area contributed by atoms with Gasteiger partial charge in [0, 0.05) is 19.2 Å². The largest absolute Gasteiger partial charge is 0.399 e. The lowest BCUT2D eigenvalue weighted by Gasteiger charge is -2.15. The van der Waals surface area contributed by atoms with E-state index in [0.717, 1.165) is 19.3 Å². The number of aldehydes is 1. The first-order valence-corrected chi connectivity index (χ1v) is 12.2. The predicted octanol–water partition coefficient (Wildman–Crippen LogP) is 0.0940. The number of hydrogen-bond acceptors (Lipinski definition) is 12. The van der Waals surface area contributed by atoms with Gasteiger partial charge in [0.25, 0.3) is 0 Å². The van der Waals surface area contributed by atoms with Crippen molar-refractivity contribution in [3.8, 4) is 0 Å². The van der Waals surface area contributed by atoms with E-state index in [-0.39, 0.29) is 6.61 Å². The van der Waals surface area contributed by atoms with Crippen LogP contribution in [0.5, 0.6) is 0 Å². The lowest BCUT2D eigenvalue weighted by molar-refractivity contribution is -0.108. The van der Waals surface area contributed by atoms with Gasteiger partial charge in [-0.25, -0.2) is 5.84 Å². The molecule has 0 aromatic carbocycles. The Bertz CT molecular complexity index is 474. The van der Waals surface area contributed by atoms with E-state index >= 15 is 0 Å². The molecule has 0 aromatic rings. The summed E-state index contributed by atoms with van der Waals surface area (Å²) in [6, 6.07) is 0. The standard InChI is InChI=1S/C23H47N3O9/c1-2-6-28-9-12-31-15-16-33-14-11-30-8-4-26(25)21-23(24)22-35-20-19-34-18-17-32-13-10-29-7-3-5-27/h5,21H,2-4,6-20,22,24-25H2,1H3/b23-21-. The fourth-order valence-corrected chi connectivity index (χ4v) is 2.37. The van der Waals surface area contributed by atoms with Crippen molar-refractivity contribution in [1.82, 2.24) is 5.01 Å². The van der Waals surface area contributed by atoms with Crippen LogP contribution in [0.2, 0.25) is 0 Å². The molecular weight excluding hydrogens is 462 g/mol. The number of hydrazine groups is 1. The molecule has 208 valence electrons. The van der Waals surface area contributed by atoms with Crippen LogP contribution in [0.25, 0.3) is 0 Å². The Labute approximate surface area is 210 Å². The molecule has 0 atom stereocenters. The Kier molecular flexibility index (Phi) is 27.8. The third-order valence-electron chi connectivity index (χ3n) is 4.05. The molecule has 0 aliphatic rings. The number of carbonyl (C=O) groups is 1. The summed E-state index contributed by atoms with van der Waals surface area (Å²) in [5, 5.41) is 1.46. The van der Waals surface area contributed by atoms with E-state index in [4.69, 9.17) is 49.5 Å². The summed E-state index contributed by atoms with van der Waals surface area (Å²) in [6.07, 6.45) is 3.87. The van der Waals surface area contributed by atoms with Crippen molar-refractivity contribution in [2.24, 2.45) is 11.6 Å². The molecule has 4 N–H and O–H groups in total. The highest BCUT2D eigenvalue weighted by Crippen LogP contribution is 1.91. The summed E-state index contributed by atoms with van der Waals surface area (Å²) in [4.78, 5) is 10.1. The third-order valence-corrected chi connectivity index (χ3v) is 4.05. The SMILES string of the molecule is CCCOCCOCCOCCOCCN(N)/C=C(\N)COCCOCCOCCOCCC=O. The van der Waals surface area contributed by atoms with Crippen LogP contribution in [-0.2, 0) is 42.7 Å². The van der Waals surface area contributed by atoms with E-state index in [9.17, 15) is 4.79 Å². The molecule has 35 heavy (non-hydrogen) atoms. The zero-order valence-electron chi connectivity index (χ0n) is 21.4. The molecule has 0 aromatic heterocycles. The quantitative estimate of drug-likeness (QED) is 0.0610. The van der Waals surface area contributed by atoms with Crippen LogP contribution < -0.4 is 11.6 Å². The first-order chi connectivity index (χ1) is 17.2. The van der Waals surface area contributed by atoms with Gasteiger partial charge in [-0.05, 0) is 6.42 Å². The second kappa shape index (κ2) is 28.9. The van der Waals surface area contributed by atoms with Crippen molar-refractivity contribution < 1.29 is 42.7 Å². The van der Waals surface area contributed by atoms with Gasteiger partial charge in [-0.1, -0.05) is 6.92 Å². The Balaban J connectivity index is 3.36. The predicted molar refractivity (Wildman–Crippen MR) is 131 cm³/mol. The van der Waals surface area contributed by atoms with Gasteiger partial charge in [0.05, 0.1) is 111 Å². The van der Waals surface area contributed by atoms with Crippen LogP contribution in [0.15, 0.2) is 11.9 Å². The van der Waals surface area contributed by atoms with Crippen LogP contribution in [0.3, 0.4) is 0 Å². The van der Waals surface area contributed by atoms with E-state index in [0.29, 0.717) is 111 Å². The monoisotopic (exact) mass is 509 g/mol. The summed E-state index contributed by atoms with van der Waals surface area (Å²) < 4.78 is 43.0. The van der Waals surface area contributed by atoms with Gasteiger partial charge in [-0.2, -0.15) is 0 Å². The summed E-state index contributed by atoms with van der Waals surface area (Å²) in [5.74, 6) is 5.88. The number of nitrogens with two attached hydrogens (primary N) is 2. The van der Waals surface area contributed by atoms with Crippen LogP contribution in [0, 0.1) is 0 Å². The Hall–Kier alpha value is -1.35. The molecule has 0 aliphatic heterocycles. The second-order valence-corrected chi connectivity index (χ2v) is 7.24. The number of rotatable bonds is 29. The van der Waals surface area contributed by atoms with E-state index in [2.05, 4.69) is 6.92 Å². The highest BCUT2D eigenvalue weighted by Gasteiger charge is 1.99. The highest BCUT2D eigenvalue weighted by atomic mass is 16.6. The van der Waals surface area contributed by atoms with Gasteiger partial charge < -0.3 is 53.4 Å². The van der Waals surface area contributed by atoms with Crippen molar-refractivity contribution in [3.05, 3.63) is 11.9 Å². The van der Waals surface area contributed by atoms with Crippen LogP contribution in [0.1, 0.15) is 19.8 Å². The molecule has 0 unspecified atom stereocenters. The molecule has 0 rings (SSSR count). The van der Waals surface area contributed by atoms with Gasteiger partial charge in [-0.15, -0.1) is 0 Å². The van der Waals surface area contributed by atoms with Crippen LogP contribution in [-0.4, -0.2) is 124 Å². The molecular formula is C23H47N3O9. The van der Waals surface area contributed by atoms with Crippen molar-refractivity contribution >= 4 is 6.29 Å². The highest BCUT2D eigenvalue weighted by molar-refractivity contribution is 5.49. The summed E-state index contributed by atoms with van der Waals surface area (Å²) in [7, 11) is 0. The first kappa shape index (κ1) is 33.7. The fraction of sp³-hybridized carbons (Fsp3) is 0.870.